The van der Waals surface area contributed by atoms with Crippen molar-refractivity contribution in [2.24, 2.45) is 0 Å². The molecule has 1 aromatic heterocycles. The number of hydrogen-bond donors (Lipinski definition) is 0. The van der Waals surface area contributed by atoms with Gasteiger partial charge in [-0.25, -0.2) is 4.98 Å². The van der Waals surface area contributed by atoms with Gasteiger partial charge in [-0.3, -0.25) is 4.79 Å². The molecule has 0 aliphatic heterocycles. The first kappa shape index (κ1) is 14.5. The fourth-order valence-electron chi connectivity index (χ4n) is 2.26. The monoisotopic (exact) mass is 364 g/mol. The van der Waals surface area contributed by atoms with Crippen LogP contribution in [0.25, 0.3) is 0 Å². The second kappa shape index (κ2) is 6.16. The summed E-state index contributed by atoms with van der Waals surface area (Å²) >= 11 is 9.43. The SMILES string of the molecule is O=C(c1ccnc(Cl)c1)N(Cc1ccccc1Br)C1CC1. The molecule has 5 heteroatoms. The summed E-state index contributed by atoms with van der Waals surface area (Å²) < 4.78 is 1.02. The number of amides is 1. The van der Waals surface area contributed by atoms with Gasteiger partial charge in [-0.05, 0) is 36.6 Å². The van der Waals surface area contributed by atoms with Crippen molar-refractivity contribution in [2.75, 3.05) is 0 Å². The minimum atomic E-state index is 0.0116. The van der Waals surface area contributed by atoms with E-state index in [-0.39, 0.29) is 5.91 Å². The Hall–Kier alpha value is -1.39. The zero-order chi connectivity index (χ0) is 14.8. The molecule has 1 aliphatic rings. The number of carbonyl (C=O) groups excluding carboxylic acids is 1. The van der Waals surface area contributed by atoms with E-state index in [9.17, 15) is 4.79 Å². The van der Waals surface area contributed by atoms with Gasteiger partial charge in [0.15, 0.2) is 0 Å². The van der Waals surface area contributed by atoms with Crippen LogP contribution in [-0.2, 0) is 6.54 Å². The standard InChI is InChI=1S/C16H14BrClN2O/c17-14-4-2-1-3-12(14)10-20(13-5-6-13)16(21)11-7-8-19-15(18)9-11/h1-4,7-9,13H,5-6,10H2. The topological polar surface area (TPSA) is 33.2 Å². The highest BCUT2D eigenvalue weighted by Gasteiger charge is 2.33. The van der Waals surface area contributed by atoms with Gasteiger partial charge < -0.3 is 4.90 Å². The van der Waals surface area contributed by atoms with Crippen LogP contribution in [0, 0.1) is 0 Å². The first-order valence-corrected chi connectivity index (χ1v) is 7.98. The summed E-state index contributed by atoms with van der Waals surface area (Å²) in [6.07, 6.45) is 3.70. The molecule has 0 bridgehead atoms. The Morgan fingerprint density at radius 2 is 2.10 bits per heavy atom. The van der Waals surface area contributed by atoms with Crippen molar-refractivity contribution in [1.82, 2.24) is 9.88 Å². The fraction of sp³-hybridized carbons (Fsp3) is 0.250. The number of aromatic nitrogens is 1. The molecule has 0 N–H and O–H groups in total. The third kappa shape index (κ3) is 3.44. The Balaban J connectivity index is 1.85. The molecule has 3 nitrogen and oxygen atoms in total. The van der Waals surface area contributed by atoms with Gasteiger partial charge in [-0.2, -0.15) is 0 Å². The van der Waals surface area contributed by atoms with E-state index in [0.717, 1.165) is 22.9 Å². The highest BCUT2D eigenvalue weighted by atomic mass is 79.9. The van der Waals surface area contributed by atoms with Gasteiger partial charge in [0.2, 0.25) is 0 Å². The van der Waals surface area contributed by atoms with Gasteiger partial charge in [0, 0.05) is 28.8 Å². The first-order valence-electron chi connectivity index (χ1n) is 6.81. The number of rotatable bonds is 4. The summed E-state index contributed by atoms with van der Waals surface area (Å²) in [5.74, 6) is 0.0116. The van der Waals surface area contributed by atoms with Crippen LogP contribution in [0.3, 0.4) is 0 Å². The average molecular weight is 366 g/mol. The number of halogens is 2. The molecule has 1 amide bonds. The van der Waals surface area contributed by atoms with Crippen molar-refractivity contribution < 1.29 is 4.79 Å². The lowest BCUT2D eigenvalue weighted by Crippen LogP contribution is -2.32. The largest absolute Gasteiger partial charge is 0.331 e. The van der Waals surface area contributed by atoms with Crippen molar-refractivity contribution in [3.8, 4) is 0 Å². The number of nitrogens with zero attached hydrogens (tertiary/aromatic N) is 2. The molecule has 0 spiro atoms. The van der Waals surface area contributed by atoms with Crippen LogP contribution in [0.5, 0.6) is 0 Å². The maximum absolute atomic E-state index is 12.7. The first-order chi connectivity index (χ1) is 10.1. The Morgan fingerprint density at radius 1 is 1.33 bits per heavy atom. The number of carbonyl (C=O) groups is 1. The third-order valence-corrected chi connectivity index (χ3v) is 4.50. The minimum absolute atomic E-state index is 0.0116. The molecule has 1 aromatic carbocycles. The van der Waals surface area contributed by atoms with E-state index >= 15 is 0 Å². The summed E-state index contributed by atoms with van der Waals surface area (Å²) in [6, 6.07) is 11.7. The van der Waals surface area contributed by atoms with E-state index in [1.165, 1.54) is 0 Å². The van der Waals surface area contributed by atoms with Gasteiger partial charge in [0.05, 0.1) is 0 Å². The van der Waals surface area contributed by atoms with Crippen molar-refractivity contribution in [1.29, 1.82) is 0 Å². The van der Waals surface area contributed by atoms with Gasteiger partial charge in [-0.15, -0.1) is 0 Å². The fourth-order valence-corrected chi connectivity index (χ4v) is 2.85. The highest BCUT2D eigenvalue weighted by molar-refractivity contribution is 9.10. The second-order valence-corrected chi connectivity index (χ2v) is 6.36. The number of benzene rings is 1. The zero-order valence-electron chi connectivity index (χ0n) is 11.3. The molecule has 21 heavy (non-hydrogen) atoms. The third-order valence-electron chi connectivity index (χ3n) is 3.52. The predicted molar refractivity (Wildman–Crippen MR) is 86.3 cm³/mol. The molecular formula is C16H14BrClN2O. The van der Waals surface area contributed by atoms with Crippen LogP contribution in [-0.4, -0.2) is 21.8 Å². The van der Waals surface area contributed by atoms with Crippen LogP contribution in [0.15, 0.2) is 47.1 Å². The van der Waals surface area contributed by atoms with Crippen LogP contribution >= 0.6 is 27.5 Å². The van der Waals surface area contributed by atoms with Crippen molar-refractivity contribution in [2.45, 2.75) is 25.4 Å². The van der Waals surface area contributed by atoms with E-state index in [0.29, 0.717) is 23.3 Å². The lowest BCUT2D eigenvalue weighted by Gasteiger charge is -2.23. The Labute approximate surface area is 137 Å². The van der Waals surface area contributed by atoms with E-state index in [1.54, 1.807) is 18.3 Å². The number of pyridine rings is 1. The normalized spacial score (nSPS) is 14.0. The second-order valence-electron chi connectivity index (χ2n) is 5.12. The molecule has 108 valence electrons. The summed E-state index contributed by atoms with van der Waals surface area (Å²) in [6.45, 7) is 0.602. The summed E-state index contributed by atoms with van der Waals surface area (Å²) in [5, 5.41) is 0.345. The maximum atomic E-state index is 12.7. The van der Waals surface area contributed by atoms with Gasteiger partial charge >= 0.3 is 0 Å². The lowest BCUT2D eigenvalue weighted by atomic mass is 10.1. The van der Waals surface area contributed by atoms with Crippen molar-refractivity contribution in [3.63, 3.8) is 0 Å². The van der Waals surface area contributed by atoms with Crippen LogP contribution in [0.1, 0.15) is 28.8 Å². The quantitative estimate of drug-likeness (QED) is 0.757. The molecule has 0 radical (unpaired) electrons. The Bertz CT molecular complexity index is 673. The molecule has 0 atom stereocenters. The van der Waals surface area contributed by atoms with Crippen LogP contribution in [0.2, 0.25) is 5.15 Å². The summed E-state index contributed by atoms with van der Waals surface area (Å²) in [7, 11) is 0. The maximum Gasteiger partial charge on any atom is 0.254 e. The van der Waals surface area contributed by atoms with Crippen molar-refractivity contribution >= 4 is 33.4 Å². The molecule has 0 saturated heterocycles. The van der Waals surface area contributed by atoms with Crippen LogP contribution in [0.4, 0.5) is 0 Å². The molecule has 1 saturated carbocycles. The van der Waals surface area contributed by atoms with Crippen molar-refractivity contribution in [3.05, 3.63) is 63.3 Å². The minimum Gasteiger partial charge on any atom is -0.331 e. The molecule has 1 fully saturated rings. The average Bonchev–Trinajstić information content (AvgIpc) is 3.30. The van der Waals surface area contributed by atoms with E-state index in [2.05, 4.69) is 20.9 Å². The predicted octanol–water partition coefficient (Wildman–Crippen LogP) is 4.30. The van der Waals surface area contributed by atoms with Gasteiger partial charge in [0.1, 0.15) is 5.15 Å². The molecule has 2 aromatic rings. The Kier molecular flexibility index (Phi) is 4.27. The van der Waals surface area contributed by atoms with E-state index in [1.807, 2.05) is 29.2 Å². The van der Waals surface area contributed by atoms with Crippen LogP contribution < -0.4 is 0 Å². The zero-order valence-corrected chi connectivity index (χ0v) is 13.6. The number of hydrogen-bond acceptors (Lipinski definition) is 2. The summed E-state index contributed by atoms with van der Waals surface area (Å²) in [5.41, 5.74) is 1.70. The molecule has 1 aliphatic carbocycles. The van der Waals surface area contributed by atoms with E-state index in [4.69, 9.17) is 11.6 Å². The lowest BCUT2D eigenvalue weighted by molar-refractivity contribution is 0.0729. The Morgan fingerprint density at radius 3 is 2.76 bits per heavy atom. The molecule has 1 heterocycles. The molecule has 3 rings (SSSR count). The molecular weight excluding hydrogens is 352 g/mol. The van der Waals surface area contributed by atoms with Gasteiger partial charge in [-0.1, -0.05) is 45.7 Å². The molecule has 0 unspecified atom stereocenters. The van der Waals surface area contributed by atoms with E-state index < -0.39 is 0 Å². The smallest absolute Gasteiger partial charge is 0.254 e. The van der Waals surface area contributed by atoms with Gasteiger partial charge in [0.25, 0.3) is 5.91 Å². The highest BCUT2D eigenvalue weighted by Crippen LogP contribution is 2.31. The summed E-state index contributed by atoms with van der Waals surface area (Å²) in [4.78, 5) is 18.6.